The van der Waals surface area contributed by atoms with Crippen molar-refractivity contribution in [1.29, 1.82) is 0 Å². The molecule has 3 atom stereocenters. The van der Waals surface area contributed by atoms with Gasteiger partial charge in [0.2, 0.25) is 17.7 Å². The third-order valence-electron chi connectivity index (χ3n) is 6.94. The first-order chi connectivity index (χ1) is 20.6. The normalized spacial score (nSPS) is 13.0. The molecule has 3 amide bonds. The van der Waals surface area contributed by atoms with Gasteiger partial charge in [0.1, 0.15) is 29.6 Å². The number of aromatic hydroxyl groups is 2. The SMILES string of the molecule is NCC(=O)NC(Cc1c[nH]c2ccccc12)C(=O)NC(Cc1ccc(O)cc1)C(=O)NC(Cc1ccc(O)cc1)C(=O)O. The molecule has 0 saturated carbocycles. The molecule has 0 radical (unpaired) electrons. The highest BCUT2D eigenvalue weighted by Crippen LogP contribution is 2.20. The van der Waals surface area contributed by atoms with Crippen LogP contribution in [0, 0.1) is 0 Å². The highest BCUT2D eigenvalue weighted by atomic mass is 16.4. The van der Waals surface area contributed by atoms with Crippen LogP contribution in [0.15, 0.2) is 79.0 Å². The number of aromatic nitrogens is 1. The predicted octanol–water partition coefficient (Wildman–Crippen LogP) is 1.10. The van der Waals surface area contributed by atoms with Gasteiger partial charge in [0.25, 0.3) is 0 Å². The number of phenolic OH excluding ortho intramolecular Hbond substituents is 2. The number of carbonyl (C=O) groups excluding carboxylic acids is 3. The summed E-state index contributed by atoms with van der Waals surface area (Å²) in [7, 11) is 0. The molecule has 1 aromatic heterocycles. The minimum atomic E-state index is -1.34. The molecule has 12 heteroatoms. The number of nitrogens with one attached hydrogen (secondary N) is 4. The molecule has 3 unspecified atom stereocenters. The molecular formula is C31H33N5O7. The number of aromatic amines is 1. The Morgan fingerprint density at radius 3 is 1.77 bits per heavy atom. The molecule has 4 rings (SSSR count). The summed E-state index contributed by atoms with van der Waals surface area (Å²) in [6.45, 7) is -0.355. The van der Waals surface area contributed by atoms with Crippen LogP contribution < -0.4 is 21.7 Å². The van der Waals surface area contributed by atoms with Gasteiger partial charge in [-0.2, -0.15) is 0 Å². The Hall–Kier alpha value is -5.36. The standard InChI is InChI=1S/C31H33N5O7/c32-16-28(39)34-26(15-20-17-33-24-4-2-1-3-23(20)24)30(41)35-25(13-18-5-9-21(37)10-6-18)29(40)36-27(31(42)43)14-19-7-11-22(38)12-8-19/h1-12,17,25-27,33,37-38H,13-16,32H2,(H,34,39)(H,35,41)(H,36,40)(H,42,43). The van der Waals surface area contributed by atoms with Gasteiger partial charge in [-0.15, -0.1) is 0 Å². The molecule has 0 aliphatic heterocycles. The van der Waals surface area contributed by atoms with E-state index in [4.69, 9.17) is 5.73 Å². The van der Waals surface area contributed by atoms with Crippen molar-refractivity contribution in [3.05, 3.63) is 95.7 Å². The van der Waals surface area contributed by atoms with Crippen LogP contribution in [-0.4, -0.2) is 68.7 Å². The zero-order chi connectivity index (χ0) is 30.9. The molecule has 0 spiro atoms. The zero-order valence-electron chi connectivity index (χ0n) is 23.1. The Bertz CT molecular complexity index is 1580. The highest BCUT2D eigenvalue weighted by molar-refractivity contribution is 5.94. The van der Waals surface area contributed by atoms with E-state index in [2.05, 4.69) is 20.9 Å². The van der Waals surface area contributed by atoms with Crippen LogP contribution in [0.1, 0.15) is 16.7 Å². The molecule has 0 aliphatic rings. The molecule has 9 N–H and O–H groups in total. The predicted molar refractivity (Wildman–Crippen MR) is 158 cm³/mol. The Morgan fingerprint density at radius 2 is 1.21 bits per heavy atom. The topological polar surface area (TPSA) is 207 Å². The highest BCUT2D eigenvalue weighted by Gasteiger charge is 2.30. The van der Waals surface area contributed by atoms with Gasteiger partial charge in [-0.25, -0.2) is 4.79 Å². The number of carboxylic acids is 1. The average Bonchev–Trinajstić information content (AvgIpc) is 3.40. The van der Waals surface area contributed by atoms with E-state index < -0.39 is 41.8 Å². The van der Waals surface area contributed by atoms with Gasteiger partial charge in [0.15, 0.2) is 0 Å². The Morgan fingerprint density at radius 1 is 0.698 bits per heavy atom. The average molecular weight is 588 g/mol. The third-order valence-corrected chi connectivity index (χ3v) is 6.94. The van der Waals surface area contributed by atoms with Crippen LogP contribution >= 0.6 is 0 Å². The summed E-state index contributed by atoms with van der Waals surface area (Å²) in [5.74, 6) is -3.26. The molecule has 224 valence electrons. The van der Waals surface area contributed by atoms with Crippen LogP contribution in [0.2, 0.25) is 0 Å². The number of carboxylic acid groups (broad SMARTS) is 1. The van der Waals surface area contributed by atoms with Gasteiger partial charge in [0.05, 0.1) is 6.54 Å². The number of para-hydroxylation sites is 1. The van der Waals surface area contributed by atoms with E-state index in [9.17, 15) is 34.5 Å². The lowest BCUT2D eigenvalue weighted by molar-refractivity contribution is -0.142. The summed E-state index contributed by atoms with van der Waals surface area (Å²) < 4.78 is 0. The summed E-state index contributed by atoms with van der Waals surface area (Å²) >= 11 is 0. The van der Waals surface area contributed by atoms with Crippen LogP contribution in [0.3, 0.4) is 0 Å². The maximum Gasteiger partial charge on any atom is 0.326 e. The van der Waals surface area contributed by atoms with E-state index >= 15 is 0 Å². The van der Waals surface area contributed by atoms with Crippen molar-refractivity contribution in [3.63, 3.8) is 0 Å². The lowest BCUT2D eigenvalue weighted by atomic mass is 10.0. The Labute approximate surface area is 246 Å². The first-order valence-corrected chi connectivity index (χ1v) is 13.6. The van der Waals surface area contributed by atoms with Crippen molar-refractivity contribution in [2.24, 2.45) is 5.73 Å². The molecule has 3 aromatic carbocycles. The number of aliphatic carboxylic acids is 1. The van der Waals surface area contributed by atoms with Gasteiger partial charge >= 0.3 is 5.97 Å². The van der Waals surface area contributed by atoms with Crippen LogP contribution in [0.5, 0.6) is 11.5 Å². The van der Waals surface area contributed by atoms with Crippen molar-refractivity contribution < 1.29 is 34.5 Å². The fraction of sp³-hybridized carbons (Fsp3) is 0.226. The van der Waals surface area contributed by atoms with Crippen molar-refractivity contribution in [1.82, 2.24) is 20.9 Å². The minimum Gasteiger partial charge on any atom is -0.508 e. The van der Waals surface area contributed by atoms with Crippen molar-refractivity contribution in [3.8, 4) is 11.5 Å². The van der Waals surface area contributed by atoms with Gasteiger partial charge in [-0.1, -0.05) is 42.5 Å². The number of H-pyrrole nitrogens is 1. The van der Waals surface area contributed by atoms with Crippen LogP contribution in [0.4, 0.5) is 0 Å². The number of phenols is 2. The van der Waals surface area contributed by atoms with Gasteiger partial charge in [-0.3, -0.25) is 14.4 Å². The minimum absolute atomic E-state index is 0.0110. The van der Waals surface area contributed by atoms with E-state index in [1.165, 1.54) is 24.3 Å². The lowest BCUT2D eigenvalue weighted by Gasteiger charge is -2.25. The molecule has 0 aliphatic carbocycles. The number of nitrogens with two attached hydrogens (primary N) is 1. The fourth-order valence-corrected chi connectivity index (χ4v) is 4.67. The summed E-state index contributed by atoms with van der Waals surface area (Å²) in [5, 5.41) is 37.7. The number of fused-ring (bicyclic) bond motifs is 1. The maximum absolute atomic E-state index is 13.6. The second-order valence-electron chi connectivity index (χ2n) is 10.1. The smallest absolute Gasteiger partial charge is 0.326 e. The Kier molecular flexibility index (Phi) is 9.97. The molecule has 0 saturated heterocycles. The Balaban J connectivity index is 1.57. The molecule has 4 aromatic rings. The first kappa shape index (κ1) is 30.6. The third kappa shape index (κ3) is 8.33. The van der Waals surface area contributed by atoms with E-state index in [0.29, 0.717) is 11.1 Å². The molecule has 12 nitrogen and oxygen atoms in total. The van der Waals surface area contributed by atoms with Gasteiger partial charge in [0, 0.05) is 36.4 Å². The number of benzene rings is 3. The van der Waals surface area contributed by atoms with E-state index in [-0.39, 0.29) is 37.3 Å². The number of hydrogen-bond acceptors (Lipinski definition) is 7. The number of hydrogen-bond donors (Lipinski definition) is 8. The summed E-state index contributed by atoms with van der Waals surface area (Å²) in [5.41, 5.74) is 8.25. The summed E-state index contributed by atoms with van der Waals surface area (Å²) in [4.78, 5) is 54.6. The quantitative estimate of drug-likeness (QED) is 0.113. The molecule has 1 heterocycles. The first-order valence-electron chi connectivity index (χ1n) is 13.6. The molecule has 0 bridgehead atoms. The number of amides is 3. The van der Waals surface area contributed by atoms with Gasteiger partial charge < -0.3 is 42.0 Å². The van der Waals surface area contributed by atoms with Crippen LogP contribution in [-0.2, 0) is 38.4 Å². The monoisotopic (exact) mass is 587 g/mol. The van der Waals surface area contributed by atoms with E-state index in [1.807, 2.05) is 24.3 Å². The molecule has 43 heavy (non-hydrogen) atoms. The fourth-order valence-electron chi connectivity index (χ4n) is 4.67. The lowest BCUT2D eigenvalue weighted by Crippen LogP contribution is -2.57. The molecular weight excluding hydrogens is 554 g/mol. The largest absolute Gasteiger partial charge is 0.508 e. The van der Waals surface area contributed by atoms with Crippen molar-refractivity contribution in [2.45, 2.75) is 37.4 Å². The second-order valence-corrected chi connectivity index (χ2v) is 10.1. The molecule has 0 fully saturated rings. The zero-order valence-corrected chi connectivity index (χ0v) is 23.1. The second kappa shape index (κ2) is 14.0. The summed E-state index contributed by atoms with van der Waals surface area (Å²) in [6.07, 6.45) is 1.72. The van der Waals surface area contributed by atoms with Gasteiger partial charge in [-0.05, 0) is 47.0 Å². The van der Waals surface area contributed by atoms with E-state index in [1.54, 1.807) is 30.5 Å². The number of carbonyl (C=O) groups is 4. The maximum atomic E-state index is 13.6. The summed E-state index contributed by atoms with van der Waals surface area (Å²) in [6, 6.07) is 15.7. The van der Waals surface area contributed by atoms with E-state index in [0.717, 1.165) is 16.5 Å². The van der Waals surface area contributed by atoms with Crippen LogP contribution in [0.25, 0.3) is 10.9 Å². The van der Waals surface area contributed by atoms with Crippen molar-refractivity contribution >= 4 is 34.6 Å². The van der Waals surface area contributed by atoms with Crippen molar-refractivity contribution in [2.75, 3.05) is 6.54 Å². The number of rotatable bonds is 13.